The molecule has 0 heterocycles. The first-order chi connectivity index (χ1) is 9.66. The SMILES string of the molecule is C.C.C.C.C.C.C.C.C.C.C.C.C.C.C.C.C.C.C.C.C.C.C.C.C.C.C.C.C.C.C.C.C.C.C.C=C.C=C/C=C/CC.C=CC.C=CCC.C=CCCC. The van der Waals surface area contributed by atoms with Gasteiger partial charge in [0.25, 0.3) is 0 Å². The highest BCUT2D eigenvalue weighted by molar-refractivity contribution is 4.96. The van der Waals surface area contributed by atoms with Gasteiger partial charge in [-0.15, -0.1) is 32.9 Å². The maximum Gasteiger partial charge on any atom is -0.0356 e. The smallest absolute Gasteiger partial charge is 0.0356 e. The molecule has 0 amide bonds. The molecule has 0 bridgehead atoms. The fraction of sp³-hybridized carbons (Fsp3) is 0.782. The molecule has 0 heteroatoms. The third-order valence-electron chi connectivity index (χ3n) is 1.29. The predicted molar refractivity (Wildman–Crippen MR) is 338 cm³/mol. The highest BCUT2D eigenvalue weighted by Gasteiger charge is 1.61. The minimum atomic E-state index is 0. The highest BCUT2D eigenvalue weighted by Crippen LogP contribution is 1.82. The number of allylic oxidation sites excluding steroid dienone is 6. The van der Waals surface area contributed by atoms with Crippen molar-refractivity contribution in [3.63, 3.8) is 0 Å². The van der Waals surface area contributed by atoms with Crippen LogP contribution in [-0.2, 0) is 0 Å². The Morgan fingerprint density at radius 2 is 0.455 bits per heavy atom. The zero-order chi connectivity index (χ0) is 17.1. The first-order valence-corrected chi connectivity index (χ1v) is 7.22. The molecule has 0 unspecified atom stereocenters. The average Bonchev–Trinajstić information content (AvgIpc) is 2.49. The molecule has 0 saturated heterocycles. The van der Waals surface area contributed by atoms with E-state index >= 15 is 0 Å². The monoisotopic (exact) mass is 839 g/mol. The van der Waals surface area contributed by atoms with E-state index in [1.165, 1.54) is 6.42 Å². The van der Waals surface area contributed by atoms with Gasteiger partial charge < -0.3 is 0 Å². The Balaban J connectivity index is -0.00000000118. The largest absolute Gasteiger partial charge is 0.106 e. The van der Waals surface area contributed by atoms with Gasteiger partial charge in [0.1, 0.15) is 0 Å². The molecule has 0 radical (unpaired) electrons. The summed E-state index contributed by atoms with van der Waals surface area (Å²) in [5.41, 5.74) is 0. The number of unbranched alkanes of at least 4 members (excludes halogenated alkanes) is 1. The summed E-state index contributed by atoms with van der Waals surface area (Å²) in [6.07, 6.45) is 15.9. The van der Waals surface area contributed by atoms with Crippen molar-refractivity contribution in [1.29, 1.82) is 0 Å². The van der Waals surface area contributed by atoms with Crippen molar-refractivity contribution in [1.82, 2.24) is 0 Å². The summed E-state index contributed by atoms with van der Waals surface area (Å²) in [7, 11) is 0. The molecular weight excluding hydrogens is 661 g/mol. The molecule has 0 aliphatic carbocycles. The molecule has 55 heavy (non-hydrogen) atoms. The van der Waals surface area contributed by atoms with E-state index in [1.807, 2.05) is 25.2 Å². The van der Waals surface area contributed by atoms with Crippen molar-refractivity contribution < 1.29 is 0 Å². The first kappa shape index (κ1) is 814. The van der Waals surface area contributed by atoms with Crippen molar-refractivity contribution in [3.8, 4) is 0 Å². The minimum absolute atomic E-state index is 0. The highest BCUT2D eigenvalue weighted by atomic mass is 13.7. The van der Waals surface area contributed by atoms with Gasteiger partial charge in [-0.25, -0.2) is 0 Å². The molecule has 0 saturated carbocycles. The quantitative estimate of drug-likeness (QED) is 0.191. The van der Waals surface area contributed by atoms with Gasteiger partial charge in [-0.3, -0.25) is 0 Å². The molecule has 0 aliphatic heterocycles. The Labute approximate surface area is 388 Å². The van der Waals surface area contributed by atoms with E-state index in [1.54, 1.807) is 12.2 Å². The van der Waals surface area contributed by atoms with E-state index in [2.05, 4.69) is 66.3 Å². The molecule has 0 aliphatic rings. The van der Waals surface area contributed by atoms with Crippen molar-refractivity contribution in [2.45, 2.75) is 313 Å². The van der Waals surface area contributed by atoms with Gasteiger partial charge in [-0.05, 0) is 26.2 Å². The van der Waals surface area contributed by atoms with E-state index in [-0.39, 0.29) is 260 Å². The molecule has 0 aromatic heterocycles. The summed E-state index contributed by atoms with van der Waals surface area (Å²) in [4.78, 5) is 0. The van der Waals surface area contributed by atoms with Crippen LogP contribution >= 0.6 is 0 Å². The Bertz CT molecular complexity index is 184. The topological polar surface area (TPSA) is 0 Å². The van der Waals surface area contributed by atoms with Crippen LogP contribution in [0.5, 0.6) is 0 Å². The van der Waals surface area contributed by atoms with Crippen LogP contribution in [0.4, 0.5) is 0 Å². The van der Waals surface area contributed by atoms with Crippen LogP contribution in [0, 0.1) is 0 Å². The summed E-state index contributed by atoms with van der Waals surface area (Å²) in [6.45, 7) is 28.1. The minimum Gasteiger partial charge on any atom is -0.106 e. The van der Waals surface area contributed by atoms with Crippen LogP contribution in [0.1, 0.15) is 313 Å². The fourth-order valence-corrected chi connectivity index (χ4v) is 0.436. The number of hydrogen-bond acceptors (Lipinski definition) is 0. The van der Waals surface area contributed by atoms with E-state index < -0.39 is 0 Å². The van der Waals surface area contributed by atoms with E-state index in [9.17, 15) is 0 Å². The molecule has 398 valence electrons. The molecule has 0 N–H and O–H groups in total. The van der Waals surface area contributed by atoms with Gasteiger partial charge in [0.05, 0.1) is 0 Å². The predicted octanol–water partition coefficient (Wildman–Crippen LogP) is 30.0. The van der Waals surface area contributed by atoms with Crippen molar-refractivity contribution in [3.05, 3.63) is 75.9 Å². The first-order valence-electron chi connectivity index (χ1n) is 7.22. The standard InChI is InChI=1S/C6H10.C5H10.C4H8.C3H6.C2H4.35CH4/c1-3-5-6-4-2;1-3-5-4-2;1-3-4-2;1-3-2;1-2;;;;;;;;;;;;;;;;;;;;;;;;;;;;;;;;;;;/h3,5-6H,1,4H2,2H3;3H,1,4-5H2,2H3;3H,1,4H2,2H3;3H,1H2,2H3;1-2H2;35*1H4/b6-5+;;;;;;;;;;;;;;;;;;;;;;;;;;;;;;;;;;;;;;;. The molecule has 0 atom stereocenters. The molecule has 0 fully saturated rings. The zero-order valence-electron chi connectivity index (χ0n) is 14.5. The summed E-state index contributed by atoms with van der Waals surface area (Å²) in [6, 6.07) is 0. The average molecular weight is 840 g/mol. The number of hydrogen-bond donors (Lipinski definition) is 0. The second-order valence-electron chi connectivity index (χ2n) is 3.25. The summed E-state index contributed by atoms with van der Waals surface area (Å²) in [5.74, 6) is 0. The lowest BCUT2D eigenvalue weighted by atomic mass is 10.3. The van der Waals surface area contributed by atoms with Gasteiger partial charge in [-0.1, -0.05) is 330 Å². The fourth-order valence-electron chi connectivity index (χ4n) is 0.436. The maximum atomic E-state index is 3.55. The Kier molecular flexibility index (Phi) is 28800. The molecular formula is C55H178. The van der Waals surface area contributed by atoms with E-state index in [0.29, 0.717) is 0 Å². The molecule has 0 aromatic carbocycles. The normalized spacial score (nSPS) is 2.47. The van der Waals surface area contributed by atoms with Crippen LogP contribution in [0.3, 0.4) is 0 Å². The van der Waals surface area contributed by atoms with Crippen molar-refractivity contribution in [2.24, 2.45) is 0 Å². The molecule has 0 rings (SSSR count). The Hall–Kier alpha value is -1.56. The van der Waals surface area contributed by atoms with Gasteiger partial charge >= 0.3 is 0 Å². The van der Waals surface area contributed by atoms with Crippen LogP contribution < -0.4 is 0 Å². The molecule has 0 aromatic rings. The summed E-state index contributed by atoms with van der Waals surface area (Å²) in [5, 5.41) is 0. The van der Waals surface area contributed by atoms with Gasteiger partial charge in [0, 0.05) is 0 Å². The van der Waals surface area contributed by atoms with Gasteiger partial charge in [0.15, 0.2) is 0 Å². The second-order valence-corrected chi connectivity index (χ2v) is 3.25. The zero-order valence-corrected chi connectivity index (χ0v) is 14.5. The van der Waals surface area contributed by atoms with Crippen LogP contribution in [0.15, 0.2) is 75.9 Å². The Morgan fingerprint density at radius 1 is 0.309 bits per heavy atom. The lowest BCUT2D eigenvalue weighted by Crippen LogP contribution is -1.52. The van der Waals surface area contributed by atoms with Gasteiger partial charge in [-0.2, -0.15) is 0 Å². The summed E-state index contributed by atoms with van der Waals surface area (Å²) < 4.78 is 0. The lowest BCUT2D eigenvalue weighted by Gasteiger charge is -1.72. The third-order valence-corrected chi connectivity index (χ3v) is 1.29. The van der Waals surface area contributed by atoms with E-state index in [0.717, 1.165) is 19.3 Å². The van der Waals surface area contributed by atoms with Crippen LogP contribution in [0.2, 0.25) is 0 Å². The summed E-state index contributed by atoms with van der Waals surface area (Å²) >= 11 is 0. The lowest BCUT2D eigenvalue weighted by molar-refractivity contribution is 0.961. The van der Waals surface area contributed by atoms with E-state index in [4.69, 9.17) is 0 Å². The van der Waals surface area contributed by atoms with Crippen LogP contribution in [-0.4, -0.2) is 0 Å². The molecule has 0 spiro atoms. The van der Waals surface area contributed by atoms with Crippen molar-refractivity contribution in [2.75, 3.05) is 0 Å². The van der Waals surface area contributed by atoms with Crippen molar-refractivity contribution >= 4 is 0 Å². The second kappa shape index (κ2) is 1950. The Morgan fingerprint density at radius 3 is 0.473 bits per heavy atom. The van der Waals surface area contributed by atoms with Gasteiger partial charge in [0.2, 0.25) is 0 Å². The van der Waals surface area contributed by atoms with Crippen LogP contribution in [0.25, 0.3) is 0 Å². The number of rotatable bonds is 5. The third kappa shape index (κ3) is 6770. The maximum absolute atomic E-state index is 3.55. The molecule has 0 nitrogen and oxygen atoms in total.